The van der Waals surface area contributed by atoms with Crippen molar-refractivity contribution in [2.45, 2.75) is 0 Å². The molecule has 26 heavy (non-hydrogen) atoms. The third kappa shape index (κ3) is 4.12. The van der Waals surface area contributed by atoms with Gasteiger partial charge >= 0.3 is 0 Å². The van der Waals surface area contributed by atoms with Crippen LogP contribution in [0.3, 0.4) is 0 Å². The van der Waals surface area contributed by atoms with Gasteiger partial charge in [-0.25, -0.2) is 9.97 Å². The molecule has 5 heterocycles. The van der Waals surface area contributed by atoms with E-state index in [1.54, 1.807) is 0 Å². The molecule has 0 fully saturated rings. The van der Waals surface area contributed by atoms with E-state index < -0.39 is 0 Å². The van der Waals surface area contributed by atoms with Crippen molar-refractivity contribution in [3.05, 3.63) is 71.3 Å². The van der Waals surface area contributed by atoms with Crippen LogP contribution < -0.4 is 0 Å². The van der Waals surface area contributed by atoms with E-state index in [4.69, 9.17) is 0 Å². The Labute approximate surface area is 195 Å². The molecule has 0 amide bonds. The van der Waals surface area contributed by atoms with Crippen LogP contribution in [-0.4, -0.2) is 79.1 Å². The average Bonchev–Trinajstić information content (AvgIpc) is 3.32. The largest absolute Gasteiger partial charge is 0.355 e. The second kappa shape index (κ2) is 8.09. The standard InChI is InChI=1S/C20H14N4.2Na/c1-2-14-10-16-5-6-18(23-16)12-20-8-7-19(24-20)11-17-4-3-15(22-17)9-13(1)21-14;;/h1-12,21,24H;;. The van der Waals surface area contributed by atoms with Gasteiger partial charge in [-0.15, -0.1) is 0 Å². The fraction of sp³-hybridized carbons (Fsp3) is 0. The topological polar surface area (TPSA) is 57.4 Å². The molecule has 0 spiro atoms. The molecule has 116 valence electrons. The molecular weight excluding hydrogens is 342 g/mol. The minimum Gasteiger partial charge on any atom is -0.355 e. The van der Waals surface area contributed by atoms with Gasteiger partial charge in [-0.2, -0.15) is 0 Å². The van der Waals surface area contributed by atoms with Crippen molar-refractivity contribution in [2.24, 2.45) is 0 Å². The van der Waals surface area contributed by atoms with Crippen LogP contribution in [0.15, 0.2) is 48.5 Å². The molecule has 3 aromatic rings. The van der Waals surface area contributed by atoms with Gasteiger partial charge in [0.2, 0.25) is 0 Å². The van der Waals surface area contributed by atoms with Crippen LogP contribution in [0, 0.1) is 0 Å². The molecule has 4 nitrogen and oxygen atoms in total. The van der Waals surface area contributed by atoms with Crippen molar-refractivity contribution >= 4 is 105 Å². The first kappa shape index (κ1) is 19.4. The van der Waals surface area contributed by atoms with Crippen molar-refractivity contribution in [2.75, 3.05) is 0 Å². The molecule has 2 aliphatic heterocycles. The van der Waals surface area contributed by atoms with Crippen molar-refractivity contribution in [3.8, 4) is 0 Å². The summed E-state index contributed by atoms with van der Waals surface area (Å²) in [4.78, 5) is 16.0. The van der Waals surface area contributed by atoms with Crippen molar-refractivity contribution in [3.63, 3.8) is 0 Å². The normalized spacial score (nSPS) is 11.7. The van der Waals surface area contributed by atoms with E-state index in [9.17, 15) is 0 Å². The maximum Gasteiger partial charge on any atom is 0.0658 e. The van der Waals surface area contributed by atoms with Crippen molar-refractivity contribution in [1.82, 2.24) is 19.9 Å². The molecule has 2 radical (unpaired) electrons. The van der Waals surface area contributed by atoms with Gasteiger partial charge < -0.3 is 9.97 Å². The SMILES string of the molecule is C1=Cc2cc3ccc(cc4nc(cc5ccc(cc1n2)[nH]5)C=C4)[nH]3.[Na].[Na]. The van der Waals surface area contributed by atoms with Crippen molar-refractivity contribution in [1.29, 1.82) is 0 Å². The van der Waals surface area contributed by atoms with Crippen LogP contribution >= 0.6 is 0 Å². The molecule has 0 atom stereocenters. The molecule has 2 aliphatic rings. The first-order valence-corrected chi connectivity index (χ1v) is 7.85. The van der Waals surface area contributed by atoms with Gasteiger partial charge in [0.05, 0.1) is 22.8 Å². The molecule has 0 aromatic carbocycles. The number of nitrogens with zero attached hydrogens (tertiary/aromatic N) is 2. The Kier molecular flexibility index (Phi) is 6.03. The van der Waals surface area contributed by atoms with E-state index in [0.29, 0.717) is 0 Å². The van der Waals surface area contributed by atoms with Crippen LogP contribution in [0.2, 0.25) is 0 Å². The summed E-state index contributed by atoms with van der Waals surface area (Å²) in [5.41, 5.74) is 7.86. The average molecular weight is 356 g/mol. The third-order valence-corrected chi connectivity index (χ3v) is 4.04. The van der Waals surface area contributed by atoms with Crippen molar-refractivity contribution < 1.29 is 0 Å². The number of aromatic nitrogens is 4. The van der Waals surface area contributed by atoms with E-state index in [2.05, 4.69) is 44.2 Å². The third-order valence-electron chi connectivity index (χ3n) is 4.04. The van der Waals surface area contributed by atoms with Crippen LogP contribution in [0.4, 0.5) is 0 Å². The van der Waals surface area contributed by atoms with Gasteiger partial charge in [-0.05, 0) is 72.8 Å². The van der Waals surface area contributed by atoms with Gasteiger partial charge in [-0.1, -0.05) is 0 Å². The molecule has 3 aromatic heterocycles. The maximum absolute atomic E-state index is 4.63. The Morgan fingerprint density at radius 3 is 1.00 bits per heavy atom. The fourth-order valence-electron chi connectivity index (χ4n) is 2.94. The predicted octanol–water partition coefficient (Wildman–Crippen LogP) is 3.89. The number of hydrogen-bond acceptors (Lipinski definition) is 2. The van der Waals surface area contributed by atoms with E-state index >= 15 is 0 Å². The van der Waals surface area contributed by atoms with Crippen LogP contribution in [-0.2, 0) is 0 Å². The molecule has 6 heteroatoms. The van der Waals surface area contributed by atoms with Crippen LogP contribution in [0.5, 0.6) is 0 Å². The Hall–Kier alpha value is -1.40. The molecule has 0 saturated heterocycles. The first-order chi connectivity index (χ1) is 11.8. The number of nitrogens with one attached hydrogen (secondary N) is 2. The zero-order valence-corrected chi connectivity index (χ0v) is 18.8. The smallest absolute Gasteiger partial charge is 0.0658 e. The zero-order chi connectivity index (χ0) is 15.9. The Morgan fingerprint density at radius 1 is 0.462 bits per heavy atom. The Morgan fingerprint density at radius 2 is 0.731 bits per heavy atom. The summed E-state index contributed by atoms with van der Waals surface area (Å²) >= 11 is 0. The van der Waals surface area contributed by atoms with E-state index in [0.717, 1.165) is 44.8 Å². The zero-order valence-electron chi connectivity index (χ0n) is 14.8. The predicted molar refractivity (Wildman–Crippen MR) is 110 cm³/mol. The van der Waals surface area contributed by atoms with Gasteiger partial charge in [0.15, 0.2) is 0 Å². The van der Waals surface area contributed by atoms with Gasteiger partial charge in [0.25, 0.3) is 0 Å². The summed E-state index contributed by atoms with van der Waals surface area (Å²) in [5, 5.41) is 0. The minimum absolute atomic E-state index is 0. The number of rotatable bonds is 0. The second-order valence-electron chi connectivity index (χ2n) is 5.91. The molecule has 0 unspecified atom stereocenters. The number of fused-ring (bicyclic) bond motifs is 8. The summed E-state index contributed by atoms with van der Waals surface area (Å²) in [6.07, 6.45) is 8.09. The van der Waals surface area contributed by atoms with E-state index in [-0.39, 0.29) is 59.1 Å². The van der Waals surface area contributed by atoms with Gasteiger partial charge in [-0.3, -0.25) is 0 Å². The number of H-pyrrole nitrogens is 2. The quantitative estimate of drug-likeness (QED) is 0.414. The summed E-state index contributed by atoms with van der Waals surface area (Å²) in [5.74, 6) is 0. The number of aromatic amines is 2. The molecule has 8 bridgehead atoms. The first-order valence-electron chi connectivity index (χ1n) is 7.85. The molecular formula is C20H14N4Na2. The summed E-state index contributed by atoms with van der Waals surface area (Å²) < 4.78 is 0. The fourth-order valence-corrected chi connectivity index (χ4v) is 2.94. The summed E-state index contributed by atoms with van der Waals surface area (Å²) in [7, 11) is 0. The number of hydrogen-bond donors (Lipinski definition) is 2. The van der Waals surface area contributed by atoms with Gasteiger partial charge in [0, 0.05) is 81.2 Å². The Bertz CT molecular complexity index is 994. The summed E-state index contributed by atoms with van der Waals surface area (Å²) in [6.45, 7) is 0. The molecule has 0 saturated carbocycles. The minimum atomic E-state index is 0. The molecule has 0 aliphatic carbocycles. The molecule has 2 N–H and O–H groups in total. The van der Waals surface area contributed by atoms with Gasteiger partial charge in [0.1, 0.15) is 0 Å². The van der Waals surface area contributed by atoms with E-state index in [1.165, 1.54) is 0 Å². The Balaban J connectivity index is 0.000000980. The molecule has 5 rings (SSSR count). The monoisotopic (exact) mass is 356 g/mol. The summed E-state index contributed by atoms with van der Waals surface area (Å²) in [6, 6.07) is 16.4. The second-order valence-corrected chi connectivity index (χ2v) is 5.91. The van der Waals surface area contributed by atoms with E-state index in [1.807, 2.05) is 48.6 Å². The van der Waals surface area contributed by atoms with Crippen LogP contribution in [0.1, 0.15) is 22.8 Å². The van der Waals surface area contributed by atoms with Crippen LogP contribution in [0.25, 0.3) is 46.4 Å². The maximum atomic E-state index is 4.63.